The van der Waals surface area contributed by atoms with Crippen molar-refractivity contribution in [3.8, 4) is 5.88 Å². The summed E-state index contributed by atoms with van der Waals surface area (Å²) in [5.74, 6) is 1.40. The molecule has 0 radical (unpaired) electrons. The molecule has 3 N–H and O–H groups in total. The molecule has 1 aromatic carbocycles. The van der Waals surface area contributed by atoms with Crippen molar-refractivity contribution in [1.82, 2.24) is 20.3 Å². The minimum Gasteiger partial charge on any atom is -0.477 e. The first-order chi connectivity index (χ1) is 15.5. The zero-order valence-electron chi connectivity index (χ0n) is 18.7. The lowest BCUT2D eigenvalue weighted by Gasteiger charge is -2.27. The van der Waals surface area contributed by atoms with Gasteiger partial charge in [-0.05, 0) is 56.0 Å². The van der Waals surface area contributed by atoms with Crippen LogP contribution in [0.1, 0.15) is 29.3 Å². The maximum absolute atomic E-state index is 5.96. The lowest BCUT2D eigenvalue weighted by molar-refractivity contribution is 0.331. The number of ether oxygens (including phenoxy) is 1. The minimum absolute atomic E-state index is 0.565. The van der Waals surface area contributed by atoms with Gasteiger partial charge in [0.15, 0.2) is 0 Å². The topological polar surface area (TPSA) is 89.2 Å². The number of anilines is 2. The van der Waals surface area contributed by atoms with Crippen LogP contribution in [0, 0.1) is 13.8 Å². The van der Waals surface area contributed by atoms with Crippen LogP contribution in [0.2, 0.25) is 0 Å². The minimum atomic E-state index is 0.565. The molecule has 166 valence electrons. The predicted molar refractivity (Wildman–Crippen MR) is 132 cm³/mol. The van der Waals surface area contributed by atoms with E-state index < -0.39 is 0 Å². The number of pyridine rings is 1. The Morgan fingerprint density at radius 1 is 1.09 bits per heavy atom. The SMILES string of the molecule is CCOc1nc(N2CCNCC2)nc2c1sc1nc(C)c(Cc3ccc(N)cc3)c(C)c12. The maximum Gasteiger partial charge on any atom is 0.236 e. The molecule has 1 saturated heterocycles. The number of hydrogen-bond acceptors (Lipinski definition) is 8. The molecule has 5 rings (SSSR count). The van der Waals surface area contributed by atoms with Crippen LogP contribution in [0.5, 0.6) is 5.88 Å². The summed E-state index contributed by atoms with van der Waals surface area (Å²) in [5, 5.41) is 4.50. The summed E-state index contributed by atoms with van der Waals surface area (Å²) in [6.45, 7) is 10.5. The molecule has 0 spiro atoms. The van der Waals surface area contributed by atoms with Crippen LogP contribution >= 0.6 is 11.3 Å². The van der Waals surface area contributed by atoms with Crippen molar-refractivity contribution in [2.45, 2.75) is 27.2 Å². The highest BCUT2D eigenvalue weighted by Gasteiger charge is 2.22. The van der Waals surface area contributed by atoms with Gasteiger partial charge in [0.2, 0.25) is 11.8 Å². The molecule has 0 amide bonds. The molecule has 1 aliphatic heterocycles. The van der Waals surface area contributed by atoms with E-state index in [1.54, 1.807) is 11.3 Å². The van der Waals surface area contributed by atoms with Crippen molar-refractivity contribution in [2.24, 2.45) is 0 Å². The third-order valence-corrected chi connectivity index (χ3v) is 7.11. The fraction of sp³-hybridized carbons (Fsp3) is 0.375. The number of aromatic nitrogens is 3. The second-order valence-corrected chi connectivity index (χ2v) is 9.18. The van der Waals surface area contributed by atoms with E-state index >= 15 is 0 Å². The summed E-state index contributed by atoms with van der Waals surface area (Å²) in [6.07, 6.45) is 0.812. The number of rotatable bonds is 5. The molecule has 0 bridgehead atoms. The number of thiophene rings is 1. The van der Waals surface area contributed by atoms with Crippen LogP contribution in [0.15, 0.2) is 24.3 Å². The second kappa shape index (κ2) is 8.52. The van der Waals surface area contributed by atoms with Crippen LogP contribution in [0.25, 0.3) is 20.4 Å². The van der Waals surface area contributed by atoms with Gasteiger partial charge < -0.3 is 20.7 Å². The molecule has 4 aromatic rings. The molecule has 0 atom stereocenters. The highest BCUT2D eigenvalue weighted by molar-refractivity contribution is 7.25. The number of aryl methyl sites for hydroxylation is 2. The summed E-state index contributed by atoms with van der Waals surface area (Å²) in [6, 6.07) is 8.07. The zero-order chi connectivity index (χ0) is 22.2. The van der Waals surface area contributed by atoms with Gasteiger partial charge in [-0.1, -0.05) is 12.1 Å². The fourth-order valence-corrected chi connectivity index (χ4v) is 5.49. The number of fused-ring (bicyclic) bond motifs is 3. The summed E-state index contributed by atoms with van der Waals surface area (Å²) in [4.78, 5) is 18.0. The van der Waals surface area contributed by atoms with E-state index in [0.29, 0.717) is 12.5 Å². The van der Waals surface area contributed by atoms with Gasteiger partial charge in [0.05, 0.1) is 6.61 Å². The van der Waals surface area contributed by atoms with E-state index in [-0.39, 0.29) is 0 Å². The average molecular weight is 449 g/mol. The number of nitrogens with one attached hydrogen (secondary N) is 1. The van der Waals surface area contributed by atoms with E-state index in [0.717, 1.165) is 70.4 Å². The van der Waals surface area contributed by atoms with Gasteiger partial charge in [-0.25, -0.2) is 9.97 Å². The lowest BCUT2D eigenvalue weighted by atomic mass is 9.97. The number of hydrogen-bond donors (Lipinski definition) is 2. The normalized spacial score (nSPS) is 14.4. The molecular weight excluding hydrogens is 420 g/mol. The van der Waals surface area contributed by atoms with Gasteiger partial charge >= 0.3 is 0 Å². The Bertz CT molecular complexity index is 1280. The number of nitrogen functional groups attached to an aromatic ring is 1. The molecule has 0 aliphatic carbocycles. The molecule has 32 heavy (non-hydrogen) atoms. The highest BCUT2D eigenvalue weighted by atomic mass is 32.1. The van der Waals surface area contributed by atoms with E-state index in [2.05, 4.69) is 36.2 Å². The van der Waals surface area contributed by atoms with Gasteiger partial charge in [0.25, 0.3) is 0 Å². The molecule has 8 heteroatoms. The molecule has 0 saturated carbocycles. The molecule has 3 aromatic heterocycles. The van der Waals surface area contributed by atoms with Crippen molar-refractivity contribution in [3.05, 3.63) is 46.6 Å². The third-order valence-electron chi connectivity index (χ3n) is 6.05. The van der Waals surface area contributed by atoms with Crippen LogP contribution < -0.4 is 20.7 Å². The molecule has 1 aliphatic rings. The van der Waals surface area contributed by atoms with Crippen molar-refractivity contribution in [2.75, 3.05) is 43.4 Å². The van der Waals surface area contributed by atoms with Gasteiger partial charge in [-0.3, -0.25) is 0 Å². The Morgan fingerprint density at radius 3 is 2.56 bits per heavy atom. The quantitative estimate of drug-likeness (QED) is 0.449. The summed E-state index contributed by atoms with van der Waals surface area (Å²) >= 11 is 1.62. The highest BCUT2D eigenvalue weighted by Crippen LogP contribution is 2.40. The van der Waals surface area contributed by atoms with Crippen molar-refractivity contribution in [1.29, 1.82) is 0 Å². The number of nitrogens with zero attached hydrogens (tertiary/aromatic N) is 4. The van der Waals surface area contributed by atoms with Gasteiger partial charge in [0, 0.05) is 42.9 Å². The van der Waals surface area contributed by atoms with E-state index in [9.17, 15) is 0 Å². The Kier molecular flexibility index (Phi) is 5.57. The molecule has 7 nitrogen and oxygen atoms in total. The smallest absolute Gasteiger partial charge is 0.236 e. The third kappa shape index (κ3) is 3.73. The van der Waals surface area contributed by atoms with Gasteiger partial charge in [-0.15, -0.1) is 11.3 Å². The molecule has 0 unspecified atom stereocenters. The van der Waals surface area contributed by atoms with Crippen LogP contribution in [-0.2, 0) is 6.42 Å². The van der Waals surface area contributed by atoms with E-state index in [1.165, 1.54) is 16.7 Å². The van der Waals surface area contributed by atoms with Crippen molar-refractivity contribution >= 4 is 43.4 Å². The van der Waals surface area contributed by atoms with E-state index in [1.807, 2.05) is 19.1 Å². The predicted octanol–water partition coefficient (Wildman–Crippen LogP) is 3.84. The first-order valence-electron chi connectivity index (χ1n) is 11.1. The van der Waals surface area contributed by atoms with E-state index in [4.69, 9.17) is 25.4 Å². The first-order valence-corrected chi connectivity index (χ1v) is 11.9. The Hall–Kier alpha value is -2.97. The zero-order valence-corrected chi connectivity index (χ0v) is 19.6. The molecular formula is C24H28N6OS. The number of piperazine rings is 1. The first kappa shape index (κ1) is 20.9. The van der Waals surface area contributed by atoms with Crippen LogP contribution in [-0.4, -0.2) is 47.7 Å². The van der Waals surface area contributed by atoms with Gasteiger partial charge in [0.1, 0.15) is 15.0 Å². The largest absolute Gasteiger partial charge is 0.477 e. The van der Waals surface area contributed by atoms with Crippen molar-refractivity contribution in [3.63, 3.8) is 0 Å². The Balaban J connectivity index is 1.69. The van der Waals surface area contributed by atoms with Crippen molar-refractivity contribution < 1.29 is 4.74 Å². The summed E-state index contributed by atoms with van der Waals surface area (Å²) in [7, 11) is 0. The van der Waals surface area contributed by atoms with Gasteiger partial charge in [-0.2, -0.15) is 4.98 Å². The summed E-state index contributed by atoms with van der Waals surface area (Å²) in [5.41, 5.74) is 12.3. The Labute approximate surface area is 191 Å². The average Bonchev–Trinajstić information content (AvgIpc) is 3.17. The standard InChI is InChI=1S/C24H28N6OS/c1-4-31-22-21-20(28-24(29-22)30-11-9-26-10-12-30)19-14(2)18(15(3)27-23(19)32-21)13-16-5-7-17(25)8-6-16/h5-8,26H,4,9-13,25H2,1-3H3. The van der Waals surface area contributed by atoms with Crippen LogP contribution in [0.4, 0.5) is 11.6 Å². The maximum atomic E-state index is 5.96. The summed E-state index contributed by atoms with van der Waals surface area (Å²) < 4.78 is 6.94. The van der Waals surface area contributed by atoms with Crippen LogP contribution in [0.3, 0.4) is 0 Å². The molecule has 1 fully saturated rings. The molecule has 4 heterocycles. The second-order valence-electron chi connectivity index (χ2n) is 8.18. The monoisotopic (exact) mass is 448 g/mol. The number of nitrogens with two attached hydrogens (primary N) is 1. The fourth-order valence-electron chi connectivity index (χ4n) is 4.33. The number of benzene rings is 1. The lowest BCUT2D eigenvalue weighted by Crippen LogP contribution is -2.44. The Morgan fingerprint density at radius 2 is 1.84 bits per heavy atom.